The van der Waals surface area contributed by atoms with Crippen LogP contribution in [0.25, 0.3) is 0 Å². The average Bonchev–Trinajstić information content (AvgIpc) is 2.21. The molecular weight excluding hydrogens is 180 g/mol. The predicted molar refractivity (Wildman–Crippen MR) is 58.8 cm³/mol. The first kappa shape index (κ1) is 10.5. The van der Waals surface area contributed by atoms with Crippen LogP contribution in [0.2, 0.25) is 0 Å². The molecule has 72 valence electrons. The van der Waals surface area contributed by atoms with E-state index in [0.717, 1.165) is 11.4 Å². The van der Waals surface area contributed by atoms with Crippen LogP contribution in [0.5, 0.6) is 0 Å². The highest BCUT2D eigenvalue weighted by Crippen LogP contribution is 2.26. The summed E-state index contributed by atoms with van der Waals surface area (Å²) in [6.07, 6.45) is 3.01. The van der Waals surface area contributed by atoms with Crippen LogP contribution in [-0.2, 0) is 0 Å². The van der Waals surface area contributed by atoms with Crippen molar-refractivity contribution >= 4 is 11.8 Å². The lowest BCUT2D eigenvalue weighted by Crippen LogP contribution is -2.11. The average molecular weight is 196 g/mol. The van der Waals surface area contributed by atoms with Gasteiger partial charge < -0.3 is 5.73 Å². The summed E-state index contributed by atoms with van der Waals surface area (Å²) < 4.78 is 0. The molecule has 1 atom stereocenters. The fraction of sp³-hybridized carbons (Fsp3) is 0.500. The van der Waals surface area contributed by atoms with E-state index in [0.29, 0.717) is 11.8 Å². The van der Waals surface area contributed by atoms with Gasteiger partial charge in [0, 0.05) is 12.7 Å². The van der Waals surface area contributed by atoms with Crippen molar-refractivity contribution in [2.45, 2.75) is 18.6 Å². The van der Waals surface area contributed by atoms with Gasteiger partial charge in [-0.15, -0.1) is 0 Å². The third kappa shape index (κ3) is 3.36. The molecule has 2 nitrogen and oxygen atoms in total. The van der Waals surface area contributed by atoms with Crippen LogP contribution in [0, 0.1) is 0 Å². The molecule has 0 saturated heterocycles. The number of nitrogens with two attached hydrogens (primary N) is 1. The first-order chi connectivity index (χ1) is 6.38. The Balaban J connectivity index is 2.56. The molecule has 0 aromatic carbocycles. The molecule has 0 spiro atoms. The van der Waals surface area contributed by atoms with Crippen molar-refractivity contribution in [2.75, 3.05) is 12.3 Å². The fourth-order valence-electron chi connectivity index (χ4n) is 1.10. The minimum atomic E-state index is 0.362. The van der Waals surface area contributed by atoms with Crippen LogP contribution in [0.15, 0.2) is 24.4 Å². The summed E-state index contributed by atoms with van der Waals surface area (Å²) in [6.45, 7) is 2.85. The van der Waals surface area contributed by atoms with Crippen molar-refractivity contribution in [1.82, 2.24) is 4.98 Å². The second-order valence-corrected chi connectivity index (χ2v) is 4.16. The number of aromatic nitrogens is 1. The highest BCUT2D eigenvalue weighted by Gasteiger charge is 2.09. The maximum atomic E-state index is 5.68. The Morgan fingerprint density at radius 2 is 2.38 bits per heavy atom. The Hall–Kier alpha value is -0.540. The first-order valence-corrected chi connectivity index (χ1v) is 5.66. The SMILES string of the molecule is CCCSC(CN)c1ccccn1. The van der Waals surface area contributed by atoms with Gasteiger partial charge in [-0.1, -0.05) is 13.0 Å². The van der Waals surface area contributed by atoms with Crippen molar-refractivity contribution in [1.29, 1.82) is 0 Å². The van der Waals surface area contributed by atoms with Crippen molar-refractivity contribution in [3.63, 3.8) is 0 Å². The summed E-state index contributed by atoms with van der Waals surface area (Å²) in [6, 6.07) is 5.99. The Bertz CT molecular complexity index is 226. The molecule has 0 bridgehead atoms. The van der Waals surface area contributed by atoms with E-state index in [2.05, 4.69) is 11.9 Å². The van der Waals surface area contributed by atoms with E-state index in [1.165, 1.54) is 6.42 Å². The number of thioether (sulfide) groups is 1. The summed E-state index contributed by atoms with van der Waals surface area (Å²) in [5.41, 5.74) is 6.79. The minimum absolute atomic E-state index is 0.362. The maximum absolute atomic E-state index is 5.68. The third-order valence-electron chi connectivity index (χ3n) is 1.75. The standard InChI is InChI=1S/C10H16N2S/c1-2-7-13-10(8-11)9-5-3-4-6-12-9/h3-6,10H,2,7-8,11H2,1H3. The topological polar surface area (TPSA) is 38.9 Å². The zero-order chi connectivity index (χ0) is 9.52. The normalized spacial score (nSPS) is 12.8. The van der Waals surface area contributed by atoms with Crippen molar-refractivity contribution < 1.29 is 0 Å². The van der Waals surface area contributed by atoms with E-state index < -0.39 is 0 Å². The highest BCUT2D eigenvalue weighted by molar-refractivity contribution is 7.99. The predicted octanol–water partition coefficient (Wildman–Crippen LogP) is 2.22. The molecule has 1 aromatic rings. The van der Waals surface area contributed by atoms with E-state index in [1.807, 2.05) is 36.2 Å². The first-order valence-electron chi connectivity index (χ1n) is 4.61. The summed E-state index contributed by atoms with van der Waals surface area (Å²) >= 11 is 1.89. The number of rotatable bonds is 5. The van der Waals surface area contributed by atoms with Gasteiger partial charge in [-0.25, -0.2) is 0 Å². The molecule has 0 aliphatic rings. The summed E-state index contributed by atoms with van der Waals surface area (Å²) in [7, 11) is 0. The largest absolute Gasteiger partial charge is 0.329 e. The molecule has 0 aliphatic heterocycles. The molecule has 0 amide bonds. The van der Waals surface area contributed by atoms with Crippen molar-refractivity contribution in [3.8, 4) is 0 Å². The number of nitrogens with zero attached hydrogens (tertiary/aromatic N) is 1. The number of pyridine rings is 1. The monoisotopic (exact) mass is 196 g/mol. The lowest BCUT2D eigenvalue weighted by molar-refractivity contribution is 0.895. The van der Waals surface area contributed by atoms with Crippen LogP contribution < -0.4 is 5.73 Å². The zero-order valence-corrected chi connectivity index (χ0v) is 8.76. The molecule has 0 radical (unpaired) electrons. The fourth-order valence-corrected chi connectivity index (χ4v) is 2.07. The second-order valence-electron chi connectivity index (χ2n) is 2.85. The van der Waals surface area contributed by atoms with E-state index in [-0.39, 0.29) is 0 Å². The molecule has 0 aliphatic carbocycles. The van der Waals surface area contributed by atoms with Crippen LogP contribution >= 0.6 is 11.8 Å². The maximum Gasteiger partial charge on any atom is 0.0592 e. The number of hydrogen-bond donors (Lipinski definition) is 1. The van der Waals surface area contributed by atoms with Gasteiger partial charge in [-0.2, -0.15) is 11.8 Å². The molecule has 1 unspecified atom stereocenters. The quantitative estimate of drug-likeness (QED) is 0.785. The van der Waals surface area contributed by atoms with Gasteiger partial charge in [0.25, 0.3) is 0 Å². The van der Waals surface area contributed by atoms with E-state index in [4.69, 9.17) is 5.73 Å². The lowest BCUT2D eigenvalue weighted by atomic mass is 10.3. The summed E-state index contributed by atoms with van der Waals surface area (Å²) in [4.78, 5) is 4.30. The third-order valence-corrected chi connectivity index (χ3v) is 3.24. The van der Waals surface area contributed by atoms with Gasteiger partial charge in [0.1, 0.15) is 0 Å². The Morgan fingerprint density at radius 3 is 2.92 bits per heavy atom. The van der Waals surface area contributed by atoms with Gasteiger partial charge in [-0.3, -0.25) is 4.98 Å². The molecular formula is C10H16N2S. The second kappa shape index (κ2) is 6.00. The molecule has 2 N–H and O–H groups in total. The molecule has 1 aromatic heterocycles. The summed E-state index contributed by atoms with van der Waals surface area (Å²) in [5, 5.41) is 0.362. The van der Waals surface area contributed by atoms with Crippen molar-refractivity contribution in [2.24, 2.45) is 5.73 Å². The Labute approximate surface area is 83.9 Å². The van der Waals surface area contributed by atoms with Crippen LogP contribution in [0.1, 0.15) is 24.3 Å². The van der Waals surface area contributed by atoms with Gasteiger partial charge in [0.2, 0.25) is 0 Å². The Kier molecular flexibility index (Phi) is 4.86. The molecule has 1 rings (SSSR count). The molecule has 0 fully saturated rings. The lowest BCUT2D eigenvalue weighted by Gasteiger charge is -2.12. The molecule has 13 heavy (non-hydrogen) atoms. The minimum Gasteiger partial charge on any atom is -0.329 e. The van der Waals surface area contributed by atoms with Crippen molar-refractivity contribution in [3.05, 3.63) is 30.1 Å². The van der Waals surface area contributed by atoms with Gasteiger partial charge in [-0.05, 0) is 24.3 Å². The molecule has 0 saturated carbocycles. The van der Waals surface area contributed by atoms with Gasteiger partial charge in [0.05, 0.1) is 10.9 Å². The van der Waals surface area contributed by atoms with Crippen LogP contribution in [0.4, 0.5) is 0 Å². The number of hydrogen-bond acceptors (Lipinski definition) is 3. The van der Waals surface area contributed by atoms with Gasteiger partial charge in [0.15, 0.2) is 0 Å². The van der Waals surface area contributed by atoms with Crippen LogP contribution in [0.3, 0.4) is 0 Å². The van der Waals surface area contributed by atoms with E-state index in [9.17, 15) is 0 Å². The molecule has 1 heterocycles. The Morgan fingerprint density at radius 1 is 1.54 bits per heavy atom. The van der Waals surface area contributed by atoms with E-state index in [1.54, 1.807) is 0 Å². The zero-order valence-electron chi connectivity index (χ0n) is 7.94. The highest BCUT2D eigenvalue weighted by atomic mass is 32.2. The summed E-state index contributed by atoms with van der Waals surface area (Å²) in [5.74, 6) is 1.15. The molecule has 3 heteroatoms. The smallest absolute Gasteiger partial charge is 0.0592 e. The van der Waals surface area contributed by atoms with Gasteiger partial charge >= 0.3 is 0 Å². The van der Waals surface area contributed by atoms with Crippen LogP contribution in [-0.4, -0.2) is 17.3 Å². The van der Waals surface area contributed by atoms with E-state index >= 15 is 0 Å².